The molecule has 0 bridgehead atoms. The Labute approximate surface area is 153 Å². The first-order chi connectivity index (χ1) is 12.0. The van der Waals surface area contributed by atoms with Crippen LogP contribution in [0, 0.1) is 5.82 Å². The monoisotopic (exact) mass is 401 g/mol. The van der Waals surface area contributed by atoms with Gasteiger partial charge >= 0.3 is 0 Å². The van der Waals surface area contributed by atoms with Crippen LogP contribution in [0.2, 0.25) is 0 Å². The average molecular weight is 402 g/mol. The van der Waals surface area contributed by atoms with E-state index in [-0.39, 0.29) is 11.9 Å². The molecule has 128 valence electrons. The number of pyridine rings is 1. The fourth-order valence-electron chi connectivity index (χ4n) is 2.23. The lowest BCUT2D eigenvalue weighted by Crippen LogP contribution is -2.13. The van der Waals surface area contributed by atoms with E-state index in [0.717, 1.165) is 16.9 Å². The summed E-state index contributed by atoms with van der Waals surface area (Å²) < 4.78 is 13.9. The Bertz CT molecular complexity index is 871. The first-order valence-electron chi connectivity index (χ1n) is 7.79. The van der Waals surface area contributed by atoms with Crippen LogP contribution in [-0.4, -0.2) is 21.0 Å². The Morgan fingerprint density at radius 3 is 2.48 bits per heavy atom. The topological polar surface area (TPSA) is 62.7 Å². The van der Waals surface area contributed by atoms with Crippen molar-refractivity contribution in [2.75, 3.05) is 10.6 Å². The molecule has 25 heavy (non-hydrogen) atoms. The van der Waals surface area contributed by atoms with E-state index < -0.39 is 0 Å². The van der Waals surface area contributed by atoms with Crippen LogP contribution in [0.15, 0.2) is 53.3 Å². The van der Waals surface area contributed by atoms with E-state index >= 15 is 0 Å². The minimum atomic E-state index is -0.306. The molecule has 0 fully saturated rings. The molecule has 3 rings (SSSR count). The van der Waals surface area contributed by atoms with Crippen molar-refractivity contribution in [1.29, 1.82) is 0 Å². The maximum absolute atomic E-state index is 13.3. The van der Waals surface area contributed by atoms with Gasteiger partial charge in [0.05, 0.1) is 11.4 Å². The lowest BCUT2D eigenvalue weighted by molar-refractivity contribution is 0.627. The summed E-state index contributed by atoms with van der Waals surface area (Å²) in [5, 5.41) is 6.42. The predicted molar refractivity (Wildman–Crippen MR) is 101 cm³/mol. The van der Waals surface area contributed by atoms with Gasteiger partial charge in [-0.25, -0.2) is 9.37 Å². The van der Waals surface area contributed by atoms with Gasteiger partial charge in [0, 0.05) is 34.5 Å². The molecule has 0 aliphatic rings. The van der Waals surface area contributed by atoms with E-state index in [1.165, 1.54) is 12.1 Å². The molecule has 3 aromatic rings. The summed E-state index contributed by atoms with van der Waals surface area (Å²) in [6, 6.07) is 10.3. The molecule has 2 aromatic heterocycles. The summed E-state index contributed by atoms with van der Waals surface area (Å²) >= 11 is 3.36. The van der Waals surface area contributed by atoms with Gasteiger partial charge in [0.15, 0.2) is 0 Å². The molecule has 5 nitrogen and oxygen atoms in total. The summed E-state index contributed by atoms with van der Waals surface area (Å²) in [5.41, 5.74) is 2.42. The molecular formula is C18H17BrFN5. The molecule has 0 atom stereocenters. The molecule has 0 aliphatic carbocycles. The summed E-state index contributed by atoms with van der Waals surface area (Å²) in [7, 11) is 0. The van der Waals surface area contributed by atoms with Gasteiger partial charge in [0.1, 0.15) is 11.6 Å². The smallest absolute Gasteiger partial charge is 0.225 e. The first-order valence-corrected chi connectivity index (χ1v) is 8.58. The number of hydrogen-bond donors (Lipinski definition) is 2. The highest BCUT2D eigenvalue weighted by Gasteiger charge is 2.10. The standard InChI is InChI=1S/C18H17BrFN5/c1-11(2)22-18-24-16(12-5-7-21-8-6-12)10-17(25-18)23-15-4-3-13(20)9-14(15)19/h3-11H,1-2H3,(H2,22,23,24,25). The number of rotatable bonds is 5. The summed E-state index contributed by atoms with van der Waals surface area (Å²) in [6.45, 7) is 4.04. The second-order valence-corrected chi connectivity index (χ2v) is 6.60. The summed E-state index contributed by atoms with van der Waals surface area (Å²) in [4.78, 5) is 13.1. The fraction of sp³-hybridized carbons (Fsp3) is 0.167. The fourth-order valence-corrected chi connectivity index (χ4v) is 2.68. The van der Waals surface area contributed by atoms with E-state index in [1.54, 1.807) is 18.5 Å². The molecule has 0 saturated heterocycles. The predicted octanol–water partition coefficient (Wildman–Crippen LogP) is 5.00. The number of benzene rings is 1. The van der Waals surface area contributed by atoms with Crippen molar-refractivity contribution in [2.45, 2.75) is 19.9 Å². The zero-order chi connectivity index (χ0) is 17.8. The van der Waals surface area contributed by atoms with Crippen molar-refractivity contribution in [3.8, 4) is 11.3 Å². The molecule has 1 aromatic carbocycles. The van der Waals surface area contributed by atoms with Crippen LogP contribution in [-0.2, 0) is 0 Å². The minimum absolute atomic E-state index is 0.193. The maximum atomic E-state index is 13.3. The molecule has 0 radical (unpaired) electrons. The van der Waals surface area contributed by atoms with Crippen molar-refractivity contribution in [1.82, 2.24) is 15.0 Å². The van der Waals surface area contributed by atoms with E-state index in [1.807, 2.05) is 32.0 Å². The number of anilines is 3. The van der Waals surface area contributed by atoms with Gasteiger partial charge in [-0.3, -0.25) is 4.98 Å². The third kappa shape index (κ3) is 4.51. The molecule has 0 saturated carbocycles. The highest BCUT2D eigenvalue weighted by Crippen LogP contribution is 2.28. The van der Waals surface area contributed by atoms with Gasteiger partial charge in [-0.05, 0) is 60.1 Å². The van der Waals surface area contributed by atoms with E-state index in [2.05, 4.69) is 41.5 Å². The lowest BCUT2D eigenvalue weighted by Gasteiger charge is -2.14. The number of nitrogens with zero attached hydrogens (tertiary/aromatic N) is 3. The van der Waals surface area contributed by atoms with Crippen LogP contribution in [0.4, 0.5) is 21.8 Å². The van der Waals surface area contributed by atoms with Crippen molar-refractivity contribution in [3.05, 3.63) is 59.1 Å². The molecule has 0 spiro atoms. The van der Waals surface area contributed by atoms with Crippen molar-refractivity contribution >= 4 is 33.4 Å². The average Bonchev–Trinajstić information content (AvgIpc) is 2.57. The molecule has 2 N–H and O–H groups in total. The molecule has 2 heterocycles. The molecule has 0 unspecified atom stereocenters. The number of halogens is 2. The van der Waals surface area contributed by atoms with Crippen molar-refractivity contribution in [3.63, 3.8) is 0 Å². The quantitative estimate of drug-likeness (QED) is 0.629. The highest BCUT2D eigenvalue weighted by atomic mass is 79.9. The number of aromatic nitrogens is 3. The van der Waals surface area contributed by atoms with Gasteiger partial charge < -0.3 is 10.6 Å². The highest BCUT2D eigenvalue weighted by molar-refractivity contribution is 9.10. The molecule has 7 heteroatoms. The lowest BCUT2D eigenvalue weighted by atomic mass is 10.2. The van der Waals surface area contributed by atoms with Crippen LogP contribution >= 0.6 is 15.9 Å². The van der Waals surface area contributed by atoms with Crippen molar-refractivity contribution < 1.29 is 4.39 Å². The second kappa shape index (κ2) is 7.57. The number of hydrogen-bond acceptors (Lipinski definition) is 5. The minimum Gasteiger partial charge on any atom is -0.352 e. The van der Waals surface area contributed by atoms with Crippen molar-refractivity contribution in [2.24, 2.45) is 0 Å². The first kappa shape index (κ1) is 17.3. The van der Waals surface area contributed by atoms with Gasteiger partial charge in [-0.15, -0.1) is 0 Å². The maximum Gasteiger partial charge on any atom is 0.225 e. The van der Waals surface area contributed by atoms with Gasteiger partial charge in [-0.2, -0.15) is 4.98 Å². The van der Waals surface area contributed by atoms with Gasteiger partial charge in [0.2, 0.25) is 5.95 Å². The Hall–Kier alpha value is -2.54. The van der Waals surface area contributed by atoms with E-state index in [9.17, 15) is 4.39 Å². The Morgan fingerprint density at radius 2 is 1.80 bits per heavy atom. The third-order valence-corrected chi connectivity index (χ3v) is 3.97. The summed E-state index contributed by atoms with van der Waals surface area (Å²) in [6.07, 6.45) is 3.44. The summed E-state index contributed by atoms with van der Waals surface area (Å²) in [5.74, 6) is 0.821. The van der Waals surface area contributed by atoms with Gasteiger partial charge in [-0.1, -0.05) is 0 Å². The molecule has 0 amide bonds. The Morgan fingerprint density at radius 1 is 1.04 bits per heavy atom. The molecule has 0 aliphatic heterocycles. The van der Waals surface area contributed by atoms with Crippen LogP contribution in [0.25, 0.3) is 11.3 Å². The Kier molecular flexibility index (Phi) is 5.23. The number of nitrogens with one attached hydrogen (secondary N) is 2. The van der Waals surface area contributed by atoms with E-state index in [0.29, 0.717) is 16.2 Å². The van der Waals surface area contributed by atoms with E-state index in [4.69, 9.17) is 0 Å². The van der Waals surface area contributed by atoms with Gasteiger partial charge in [0.25, 0.3) is 0 Å². The van der Waals surface area contributed by atoms with Crippen LogP contribution < -0.4 is 10.6 Å². The van der Waals surface area contributed by atoms with Crippen LogP contribution in [0.3, 0.4) is 0 Å². The second-order valence-electron chi connectivity index (χ2n) is 5.75. The van der Waals surface area contributed by atoms with Crippen LogP contribution in [0.1, 0.15) is 13.8 Å². The Balaban J connectivity index is 2.00. The third-order valence-electron chi connectivity index (χ3n) is 3.31. The van der Waals surface area contributed by atoms with Crippen LogP contribution in [0.5, 0.6) is 0 Å². The largest absolute Gasteiger partial charge is 0.352 e. The zero-order valence-electron chi connectivity index (χ0n) is 13.8. The molecular weight excluding hydrogens is 385 g/mol. The zero-order valence-corrected chi connectivity index (χ0v) is 15.4. The SMILES string of the molecule is CC(C)Nc1nc(Nc2ccc(F)cc2Br)cc(-c2ccncc2)n1. The normalized spacial score (nSPS) is 10.8.